The second-order valence-corrected chi connectivity index (χ2v) is 52.5. The maximum absolute atomic E-state index is 10.6. The first-order valence-electron chi connectivity index (χ1n) is 34.4. The summed E-state index contributed by atoms with van der Waals surface area (Å²) in [4.78, 5) is 23.3. The molecule has 0 spiro atoms. The number of carbonyl (C=O) groups excluding carboxylic acids is 1. The molecule has 0 aliphatic heterocycles. The van der Waals surface area contributed by atoms with Gasteiger partial charge in [-0.15, -0.1) is 0 Å². The average molecular weight is 1520 g/mol. The zero-order chi connectivity index (χ0) is 77.1. The Morgan fingerprint density at radius 3 is 0.960 bits per heavy atom. The topological polar surface area (TPSA) is 284 Å². The standard InChI is InChI=1S/C38H64N2O8Si2.C16H40N2O2Si2.C11H14O4.C6H15N.Mg.H2O4S/c1-37(2,3)49(9,10)47-27-33(39-25-31-17-13-15-19-35(31)45-29-43-23-21-41-7)34(28-48-50(11,12)38(4,5)6)40-26-32-18-14-16-20-36(32)46-30-44-24-22-42-8;1-15(2,3)21(7,8)19-11-13(17)14(18)12-20-22(9,10)16(4,5)6;1-13-6-7-14-9-15-11-5-3-2-4-10(11)8-12;1-4-7(5-2)6-3;;1-4-5(2)3/h13-20,25-26,33-34H,21-24,27-30H2,1-12H3;13-14H,11-12,17-18H2,1-10H3;2-5,8H,6-7,9H2,1H3;4-6H2,1-3H3;;1H,(H,2,3)/t33-,34-;13-,14-;;;;/m00..../s1. The number of rotatable bonds is 41. The molecule has 0 saturated heterocycles. The van der Waals surface area contributed by atoms with Gasteiger partial charge in [-0.25, -0.2) is 0 Å². The van der Waals surface area contributed by atoms with Crippen LogP contribution in [0.15, 0.2) is 82.8 Å². The summed E-state index contributed by atoms with van der Waals surface area (Å²) in [5, 5.41) is 7.82. The Hall–Kier alpha value is -2.79. The fourth-order valence-corrected chi connectivity index (χ4v) is 11.0. The van der Waals surface area contributed by atoms with Crippen molar-refractivity contribution in [1.82, 2.24) is 4.90 Å². The molecule has 0 aromatic heterocycles. The molecule has 6 N–H and O–H groups in total. The van der Waals surface area contributed by atoms with Gasteiger partial charge in [-0.2, -0.15) is 0 Å². The zero-order valence-corrected chi connectivity index (χ0v) is 72.6. The average Bonchev–Trinajstić information content (AvgIpc) is 0.841. The Labute approximate surface area is 619 Å². The van der Waals surface area contributed by atoms with Gasteiger partial charge >= 0.3 is 45.5 Å². The summed E-state index contributed by atoms with van der Waals surface area (Å²) in [7, 11) is -6.23. The van der Waals surface area contributed by atoms with E-state index in [-0.39, 0.29) is 64.7 Å². The predicted octanol–water partition coefficient (Wildman–Crippen LogP) is 13.8. The van der Waals surface area contributed by atoms with Gasteiger partial charge in [0.1, 0.15) is 17.2 Å². The van der Waals surface area contributed by atoms with Gasteiger partial charge in [0.25, 0.3) is 0 Å². The van der Waals surface area contributed by atoms with E-state index in [2.05, 4.69) is 165 Å². The van der Waals surface area contributed by atoms with Gasteiger partial charge in [-0.3, -0.25) is 14.8 Å². The van der Waals surface area contributed by atoms with Crippen LogP contribution in [-0.2, 0) is 57.8 Å². The molecule has 3 aromatic carbocycles. The molecule has 5 atom stereocenters. The number of benzene rings is 3. The van der Waals surface area contributed by atoms with E-state index >= 15 is 0 Å². The fourth-order valence-electron chi connectivity index (χ4n) is 6.91. The Morgan fingerprint density at radius 1 is 0.480 bits per heavy atom. The van der Waals surface area contributed by atoms with Gasteiger partial charge in [0.2, 0.25) is 0 Å². The van der Waals surface area contributed by atoms with E-state index in [1.165, 1.54) is 19.6 Å². The molecule has 23 nitrogen and oxygen atoms in total. The summed E-state index contributed by atoms with van der Waals surface area (Å²) < 4.78 is 94.9. The molecule has 0 aliphatic carbocycles. The SMILES string of the molecule is CC(C)(C)[Si](C)(C)OC[C@H](N)[C@@H](N)CO[Si](C)(C)C(C)(C)C.CCN(CC)CC.COCCOCOc1ccccc1C=N[C@@H](CO[Si](C)(C)C(C)(C)C)[C@H](CO[Si](C)(C)C(C)(C)C)N=Cc1ccccc1OCOCCOC.COCCOCOc1ccccc1C=O.O=[S](O)(=[Mg])OO. The van der Waals surface area contributed by atoms with Crippen LogP contribution < -0.4 is 25.7 Å². The van der Waals surface area contributed by atoms with Crippen molar-refractivity contribution >= 4 is 79.1 Å². The van der Waals surface area contributed by atoms with E-state index in [0.717, 1.165) is 17.4 Å². The number of nitrogens with two attached hydrogens (primary N) is 2. The number of carbonyl (C=O) groups is 1. The molecule has 0 heterocycles. The Bertz CT molecular complexity index is 2660. The van der Waals surface area contributed by atoms with Crippen LogP contribution in [0.1, 0.15) is 125 Å². The van der Waals surface area contributed by atoms with Gasteiger partial charge in [0.05, 0.1) is 83.7 Å². The predicted molar refractivity (Wildman–Crippen MR) is 420 cm³/mol. The molecule has 576 valence electrons. The van der Waals surface area contributed by atoms with E-state index in [1.807, 2.05) is 61.0 Å². The number of ether oxygens (including phenoxy) is 9. The van der Waals surface area contributed by atoms with Crippen molar-refractivity contribution in [2.75, 3.05) is 127 Å². The number of nitrogens with zero attached hydrogens (tertiary/aromatic N) is 3. The molecule has 0 saturated carbocycles. The van der Waals surface area contributed by atoms with E-state index in [0.29, 0.717) is 109 Å². The third-order valence-corrected chi connectivity index (χ3v) is 36.6. The summed E-state index contributed by atoms with van der Waals surface area (Å²) >= 11 is 0.671. The Morgan fingerprint density at radius 2 is 0.730 bits per heavy atom. The molecule has 0 aliphatic rings. The minimum atomic E-state index is -3.33. The van der Waals surface area contributed by atoms with Crippen LogP contribution in [-0.4, -0.2) is 242 Å². The van der Waals surface area contributed by atoms with Crippen molar-refractivity contribution in [2.24, 2.45) is 21.5 Å². The van der Waals surface area contributed by atoms with Crippen LogP contribution in [0.5, 0.6) is 17.2 Å². The molecule has 3 rings (SSSR count). The van der Waals surface area contributed by atoms with E-state index in [4.69, 9.17) is 91.6 Å². The molecule has 3 aromatic rings. The maximum atomic E-state index is 10.6. The van der Waals surface area contributed by atoms with Gasteiger partial charge in [-0.05, 0) is 129 Å². The number of hydrogen-bond donors (Lipinski definition) is 4. The zero-order valence-electron chi connectivity index (χ0n) is 66.3. The number of hydrogen-bond acceptors (Lipinski definition) is 22. The van der Waals surface area contributed by atoms with Crippen LogP contribution in [0, 0.1) is 0 Å². The second kappa shape index (κ2) is 50.7. The monoisotopic (exact) mass is 1510 g/mol. The minimum absolute atomic E-state index is 0.0303. The van der Waals surface area contributed by atoms with Gasteiger partial charge in [0, 0.05) is 57.0 Å². The first kappa shape index (κ1) is 99.3. The van der Waals surface area contributed by atoms with Crippen molar-refractivity contribution in [3.63, 3.8) is 0 Å². The summed E-state index contributed by atoms with van der Waals surface area (Å²) in [6, 6.07) is 21.5. The summed E-state index contributed by atoms with van der Waals surface area (Å²) in [5.74, 6) is 1.88. The van der Waals surface area contributed by atoms with Crippen molar-refractivity contribution in [3.05, 3.63) is 89.5 Å². The number of methoxy groups -OCH3 is 3. The van der Waals surface area contributed by atoms with Crippen LogP contribution in [0.25, 0.3) is 0 Å². The van der Waals surface area contributed by atoms with Crippen molar-refractivity contribution < 1.29 is 83.5 Å². The molecule has 100 heavy (non-hydrogen) atoms. The van der Waals surface area contributed by atoms with Gasteiger partial charge in [-0.1, -0.05) is 140 Å². The van der Waals surface area contributed by atoms with Gasteiger partial charge in [0.15, 0.2) is 59.9 Å². The van der Waals surface area contributed by atoms with E-state index in [9.17, 15) is 9.00 Å². The second-order valence-electron chi connectivity index (χ2n) is 29.8. The normalized spacial score (nSPS) is 14.4. The third kappa shape index (κ3) is 43.0. The van der Waals surface area contributed by atoms with Crippen molar-refractivity contribution in [3.8, 4) is 17.2 Å². The van der Waals surface area contributed by atoms with Crippen LogP contribution in [0.2, 0.25) is 72.5 Å². The van der Waals surface area contributed by atoms with E-state index in [1.54, 1.807) is 45.6 Å². The summed E-state index contributed by atoms with van der Waals surface area (Å²) in [5.41, 5.74) is 14.6. The number of aldehydes is 1. The Kier molecular flexibility index (Phi) is 50.3. The number of aliphatic imine (C=N–C) groups is 2. The van der Waals surface area contributed by atoms with Gasteiger partial charge < -0.3 is 76.7 Å². The molecule has 0 radical (unpaired) electrons. The quantitative estimate of drug-likeness (QED) is 0.00781. The van der Waals surface area contributed by atoms with Crippen LogP contribution in [0.3, 0.4) is 0 Å². The van der Waals surface area contributed by atoms with Crippen molar-refractivity contribution in [2.45, 2.75) is 201 Å². The molecule has 0 bridgehead atoms. The molecule has 29 heteroatoms. The Balaban J connectivity index is 0. The summed E-state index contributed by atoms with van der Waals surface area (Å²) in [6.45, 7) is 59.9. The van der Waals surface area contributed by atoms with Crippen molar-refractivity contribution in [1.29, 1.82) is 0 Å². The van der Waals surface area contributed by atoms with Crippen LogP contribution >= 0.6 is 0 Å². The third-order valence-electron chi connectivity index (χ3n) is 18.1. The molecular weight excluding hydrogens is 1380 g/mol. The van der Waals surface area contributed by atoms with E-state index < -0.39 is 40.6 Å². The molecule has 0 amide bonds. The molecule has 0 fully saturated rings. The fraction of sp³-hybridized carbons (Fsp3) is 0.704. The molecular formula is C71H135MgN5O18SSi4. The molecule has 1 unspecified atom stereocenters. The first-order chi connectivity index (χ1) is 46.3. The van der Waals surface area contributed by atoms with Crippen LogP contribution in [0.4, 0.5) is 0 Å². The number of para-hydroxylation sites is 3. The first-order valence-corrected chi connectivity index (χ1v) is 49.4. The summed E-state index contributed by atoms with van der Waals surface area (Å²) in [6.07, 6.45) is 4.46.